The van der Waals surface area contributed by atoms with Crippen LogP contribution in [0.4, 0.5) is 13.2 Å². The lowest BCUT2D eigenvalue weighted by Crippen LogP contribution is -2.49. The zero-order valence-electron chi connectivity index (χ0n) is 10.6. The van der Waals surface area contributed by atoms with Crippen LogP contribution in [-0.4, -0.2) is 43.7 Å². The largest absolute Gasteiger partial charge is 0.471 e. The molecule has 6 nitrogen and oxygen atoms in total. The van der Waals surface area contributed by atoms with Crippen LogP contribution in [0.1, 0.15) is 13.8 Å². The molecule has 1 unspecified atom stereocenters. The van der Waals surface area contributed by atoms with Gasteiger partial charge in [-0.2, -0.15) is 13.2 Å². The number of amides is 2. The molecule has 110 valence electrons. The number of halogens is 3. The summed E-state index contributed by atoms with van der Waals surface area (Å²) in [5, 5.41) is 3.57. The Morgan fingerprint density at radius 1 is 1.21 bits per heavy atom. The summed E-state index contributed by atoms with van der Waals surface area (Å²) < 4.78 is 40.0. The van der Waals surface area contributed by atoms with Gasteiger partial charge in [0.25, 0.3) is 0 Å². The summed E-state index contributed by atoms with van der Waals surface area (Å²) in [6.45, 7) is 2.37. The number of hydrogen-bond donors (Lipinski definition) is 2. The number of alkyl halides is 3. The number of ether oxygens (including phenoxy) is 1. The van der Waals surface area contributed by atoms with Gasteiger partial charge in [0.2, 0.25) is 5.91 Å². The first-order valence-corrected chi connectivity index (χ1v) is 5.31. The Balaban J connectivity index is 4.37. The molecule has 0 aromatic rings. The molecule has 0 fully saturated rings. The summed E-state index contributed by atoms with van der Waals surface area (Å²) in [5.74, 6) is -4.16. The predicted molar refractivity (Wildman–Crippen MR) is 57.8 cm³/mol. The summed E-state index contributed by atoms with van der Waals surface area (Å²) in [6, 6.07) is -0.986. The van der Waals surface area contributed by atoms with Gasteiger partial charge in [-0.3, -0.25) is 9.59 Å². The van der Waals surface area contributed by atoms with Gasteiger partial charge in [0.05, 0.1) is 13.7 Å². The first kappa shape index (κ1) is 17.2. The number of carbonyl (C=O) groups is 3. The standard InChI is InChI=1S/C10H15F3N2O4/c1-5(2)7(8(17)19-3)15-6(16)4-14-9(18)10(11,12)13/h5,7H,4H2,1-3H3,(H,14,18)(H,15,16). The number of hydrogen-bond acceptors (Lipinski definition) is 4. The minimum atomic E-state index is -5.06. The van der Waals surface area contributed by atoms with E-state index in [0.29, 0.717) is 0 Å². The van der Waals surface area contributed by atoms with E-state index in [1.165, 1.54) is 5.32 Å². The van der Waals surface area contributed by atoms with Crippen molar-refractivity contribution in [1.82, 2.24) is 10.6 Å². The molecule has 9 heteroatoms. The molecule has 0 spiro atoms. The van der Waals surface area contributed by atoms with Gasteiger partial charge < -0.3 is 15.4 Å². The molecule has 0 heterocycles. The molecular formula is C10H15F3N2O4. The molecule has 0 aromatic heterocycles. The van der Waals surface area contributed by atoms with E-state index in [9.17, 15) is 27.6 Å². The van der Waals surface area contributed by atoms with Crippen molar-refractivity contribution in [3.63, 3.8) is 0 Å². The lowest BCUT2D eigenvalue weighted by Gasteiger charge is -2.19. The van der Waals surface area contributed by atoms with Gasteiger partial charge in [0.15, 0.2) is 0 Å². The second-order valence-corrected chi connectivity index (χ2v) is 3.99. The summed E-state index contributed by atoms with van der Waals surface area (Å²) >= 11 is 0. The van der Waals surface area contributed by atoms with E-state index in [4.69, 9.17) is 0 Å². The maximum atomic E-state index is 11.9. The zero-order valence-corrected chi connectivity index (χ0v) is 10.6. The van der Waals surface area contributed by atoms with Crippen LogP contribution in [0.3, 0.4) is 0 Å². The number of carbonyl (C=O) groups excluding carboxylic acids is 3. The number of rotatable bonds is 5. The van der Waals surface area contributed by atoms with Crippen LogP contribution >= 0.6 is 0 Å². The molecule has 0 aliphatic carbocycles. The molecule has 0 bridgehead atoms. The van der Waals surface area contributed by atoms with Crippen LogP contribution in [-0.2, 0) is 19.1 Å². The number of esters is 1. The highest BCUT2D eigenvalue weighted by atomic mass is 19.4. The Morgan fingerprint density at radius 3 is 2.11 bits per heavy atom. The van der Waals surface area contributed by atoms with E-state index in [1.54, 1.807) is 13.8 Å². The molecule has 1 atom stereocenters. The lowest BCUT2D eigenvalue weighted by atomic mass is 10.0. The van der Waals surface area contributed by atoms with Crippen molar-refractivity contribution in [3.8, 4) is 0 Å². The quantitative estimate of drug-likeness (QED) is 0.695. The normalized spacial score (nSPS) is 12.8. The zero-order chi connectivity index (χ0) is 15.2. The van der Waals surface area contributed by atoms with E-state index in [-0.39, 0.29) is 5.92 Å². The molecule has 0 radical (unpaired) electrons. The van der Waals surface area contributed by atoms with Gasteiger partial charge in [-0.05, 0) is 5.92 Å². The SMILES string of the molecule is COC(=O)C(NC(=O)CNC(=O)C(F)(F)F)C(C)C. The van der Waals surface area contributed by atoms with Gasteiger partial charge in [-0.25, -0.2) is 4.79 Å². The third-order valence-electron chi connectivity index (χ3n) is 2.11. The summed E-state index contributed by atoms with van der Waals surface area (Å²) in [5.41, 5.74) is 0. The highest BCUT2D eigenvalue weighted by Gasteiger charge is 2.38. The van der Waals surface area contributed by atoms with Crippen LogP contribution in [0.25, 0.3) is 0 Å². The molecule has 2 N–H and O–H groups in total. The van der Waals surface area contributed by atoms with E-state index in [1.807, 2.05) is 0 Å². The van der Waals surface area contributed by atoms with Crippen molar-refractivity contribution < 1.29 is 32.3 Å². The Bertz CT molecular complexity index is 355. The monoisotopic (exact) mass is 284 g/mol. The molecule has 0 aliphatic rings. The minimum absolute atomic E-state index is 0.310. The third-order valence-corrected chi connectivity index (χ3v) is 2.11. The van der Waals surface area contributed by atoms with Gasteiger partial charge in [-0.1, -0.05) is 13.8 Å². The van der Waals surface area contributed by atoms with Crippen molar-refractivity contribution in [1.29, 1.82) is 0 Å². The fourth-order valence-corrected chi connectivity index (χ4v) is 1.11. The summed E-state index contributed by atoms with van der Waals surface area (Å²) in [4.78, 5) is 33.1. The van der Waals surface area contributed by atoms with Gasteiger partial charge >= 0.3 is 18.1 Å². The Morgan fingerprint density at radius 2 is 1.74 bits per heavy atom. The fraction of sp³-hybridized carbons (Fsp3) is 0.700. The Hall–Kier alpha value is -1.80. The second kappa shape index (κ2) is 6.95. The molecule has 19 heavy (non-hydrogen) atoms. The van der Waals surface area contributed by atoms with Crippen molar-refractivity contribution in [2.24, 2.45) is 5.92 Å². The molecule has 0 saturated heterocycles. The smallest absolute Gasteiger partial charge is 0.467 e. The Kier molecular flexibility index (Phi) is 6.30. The van der Waals surface area contributed by atoms with Crippen LogP contribution in [0.5, 0.6) is 0 Å². The highest BCUT2D eigenvalue weighted by Crippen LogP contribution is 2.13. The second-order valence-electron chi connectivity index (χ2n) is 3.99. The van der Waals surface area contributed by atoms with Crippen LogP contribution in [0.2, 0.25) is 0 Å². The van der Waals surface area contributed by atoms with E-state index >= 15 is 0 Å². The maximum Gasteiger partial charge on any atom is 0.471 e. The van der Waals surface area contributed by atoms with Gasteiger partial charge in [0, 0.05) is 0 Å². The van der Waals surface area contributed by atoms with E-state index in [0.717, 1.165) is 7.11 Å². The van der Waals surface area contributed by atoms with Crippen LogP contribution < -0.4 is 10.6 Å². The highest BCUT2D eigenvalue weighted by molar-refractivity contribution is 5.89. The molecule has 0 aliphatic heterocycles. The first-order chi connectivity index (χ1) is 8.59. The molecule has 0 rings (SSSR count). The van der Waals surface area contributed by atoms with Gasteiger partial charge in [-0.15, -0.1) is 0 Å². The summed E-state index contributed by atoms with van der Waals surface area (Å²) in [7, 11) is 1.12. The van der Waals surface area contributed by atoms with E-state index in [2.05, 4.69) is 10.1 Å². The average Bonchev–Trinajstić information content (AvgIpc) is 2.30. The van der Waals surface area contributed by atoms with Crippen LogP contribution in [0, 0.1) is 5.92 Å². The lowest BCUT2D eigenvalue weighted by molar-refractivity contribution is -0.173. The average molecular weight is 284 g/mol. The minimum Gasteiger partial charge on any atom is -0.467 e. The summed E-state index contributed by atoms with van der Waals surface area (Å²) in [6.07, 6.45) is -5.06. The molecular weight excluding hydrogens is 269 g/mol. The van der Waals surface area contributed by atoms with Crippen molar-refractivity contribution in [2.45, 2.75) is 26.1 Å². The van der Waals surface area contributed by atoms with Crippen molar-refractivity contribution in [2.75, 3.05) is 13.7 Å². The fourth-order valence-electron chi connectivity index (χ4n) is 1.11. The predicted octanol–water partition coefficient (Wildman–Crippen LogP) is -0.0213. The molecule has 2 amide bonds. The third kappa shape index (κ3) is 6.07. The topological polar surface area (TPSA) is 84.5 Å². The van der Waals surface area contributed by atoms with Crippen molar-refractivity contribution >= 4 is 17.8 Å². The Labute approximate surface area is 107 Å². The maximum absolute atomic E-state index is 11.9. The van der Waals surface area contributed by atoms with Gasteiger partial charge in [0.1, 0.15) is 6.04 Å². The number of nitrogens with one attached hydrogen (secondary N) is 2. The van der Waals surface area contributed by atoms with Crippen LogP contribution in [0.15, 0.2) is 0 Å². The first-order valence-electron chi connectivity index (χ1n) is 5.31. The van der Waals surface area contributed by atoms with E-state index < -0.39 is 36.5 Å². The molecule has 0 aromatic carbocycles. The van der Waals surface area contributed by atoms with Crippen molar-refractivity contribution in [3.05, 3.63) is 0 Å². The number of methoxy groups -OCH3 is 1. The molecule has 0 saturated carbocycles.